The lowest BCUT2D eigenvalue weighted by Gasteiger charge is -2.41. The van der Waals surface area contributed by atoms with Gasteiger partial charge in [0, 0.05) is 23.8 Å². The van der Waals surface area contributed by atoms with Crippen molar-refractivity contribution in [3.8, 4) is 17.0 Å². The highest BCUT2D eigenvalue weighted by atomic mass is 19.1. The van der Waals surface area contributed by atoms with E-state index in [-0.39, 0.29) is 24.1 Å². The van der Waals surface area contributed by atoms with Crippen molar-refractivity contribution in [3.63, 3.8) is 0 Å². The first-order valence-electron chi connectivity index (χ1n) is 10.8. The van der Waals surface area contributed by atoms with Crippen molar-refractivity contribution in [2.45, 2.75) is 64.0 Å². The van der Waals surface area contributed by atoms with Crippen LogP contribution in [-0.4, -0.2) is 46.6 Å². The Morgan fingerprint density at radius 3 is 2.68 bits per heavy atom. The molecular formula is C23H28FN3O4. The van der Waals surface area contributed by atoms with Crippen LogP contribution in [0.2, 0.25) is 0 Å². The van der Waals surface area contributed by atoms with Crippen molar-refractivity contribution in [1.82, 2.24) is 10.2 Å². The second-order valence-electron chi connectivity index (χ2n) is 8.53. The number of fused-ring (bicyclic) bond motifs is 1. The highest BCUT2D eigenvalue weighted by Crippen LogP contribution is 2.40. The minimum absolute atomic E-state index is 0.0455. The number of halogens is 1. The Balaban J connectivity index is 1.72. The molecule has 1 heterocycles. The summed E-state index contributed by atoms with van der Waals surface area (Å²) < 4.78 is 25.8. The van der Waals surface area contributed by atoms with Crippen LogP contribution >= 0.6 is 0 Å². The van der Waals surface area contributed by atoms with E-state index < -0.39 is 11.4 Å². The second-order valence-corrected chi connectivity index (χ2v) is 8.53. The van der Waals surface area contributed by atoms with Gasteiger partial charge in [-0.15, -0.1) is 10.2 Å². The van der Waals surface area contributed by atoms with Gasteiger partial charge in [-0.2, -0.15) is 0 Å². The topological polar surface area (TPSA) is 93.6 Å². The first-order valence-corrected chi connectivity index (χ1v) is 10.8. The fraction of sp³-hybridized carbons (Fsp3) is 0.522. The Kier molecular flexibility index (Phi) is 6.20. The molecule has 1 aromatic heterocycles. The molecule has 8 heteroatoms. The fourth-order valence-electron chi connectivity index (χ4n) is 4.45. The Morgan fingerprint density at radius 1 is 1.26 bits per heavy atom. The molecule has 166 valence electrons. The maximum Gasteiger partial charge on any atom is 0.189 e. The number of carbonyl (C=O) groups is 1. The maximum atomic E-state index is 15.0. The molecule has 0 amide bonds. The number of ether oxygens (including phenoxy) is 2. The van der Waals surface area contributed by atoms with Gasteiger partial charge in [-0.3, -0.25) is 4.79 Å². The van der Waals surface area contributed by atoms with Crippen LogP contribution in [0.3, 0.4) is 0 Å². The lowest BCUT2D eigenvalue weighted by atomic mass is 9.77. The largest absolute Gasteiger partial charge is 0.464 e. The second kappa shape index (κ2) is 8.88. The van der Waals surface area contributed by atoms with E-state index in [2.05, 4.69) is 15.5 Å². The molecule has 1 saturated carbocycles. The lowest BCUT2D eigenvalue weighted by molar-refractivity contribution is -0.0235. The van der Waals surface area contributed by atoms with Crippen molar-refractivity contribution < 1.29 is 23.8 Å². The van der Waals surface area contributed by atoms with Crippen molar-refractivity contribution in [1.29, 1.82) is 0 Å². The van der Waals surface area contributed by atoms with E-state index in [1.165, 1.54) is 6.07 Å². The molecule has 31 heavy (non-hydrogen) atoms. The van der Waals surface area contributed by atoms with E-state index >= 15 is 0 Å². The minimum Gasteiger partial charge on any atom is -0.464 e. The van der Waals surface area contributed by atoms with Gasteiger partial charge in [0.1, 0.15) is 5.69 Å². The summed E-state index contributed by atoms with van der Waals surface area (Å²) in [7, 11) is 0. The van der Waals surface area contributed by atoms with Crippen molar-refractivity contribution in [2.75, 3.05) is 18.7 Å². The molecule has 2 aliphatic carbocycles. The Labute approximate surface area is 181 Å². The average Bonchev–Trinajstić information content (AvgIpc) is 2.74. The number of nitrogens with zero attached hydrogens (tertiary/aromatic N) is 2. The van der Waals surface area contributed by atoms with Crippen LogP contribution in [0, 0.1) is 5.82 Å². The zero-order valence-electron chi connectivity index (χ0n) is 17.9. The van der Waals surface area contributed by atoms with Gasteiger partial charge in [0.25, 0.3) is 0 Å². The third kappa shape index (κ3) is 4.41. The zero-order chi connectivity index (χ0) is 22.0. The number of benzene rings is 1. The van der Waals surface area contributed by atoms with Crippen LogP contribution in [0.15, 0.2) is 12.1 Å². The number of nitrogens with one attached hydrogen (secondary N) is 1. The van der Waals surface area contributed by atoms with Crippen LogP contribution in [0.4, 0.5) is 10.2 Å². The predicted octanol–water partition coefficient (Wildman–Crippen LogP) is 3.67. The molecule has 1 fully saturated rings. The molecular weight excluding hydrogens is 401 g/mol. The van der Waals surface area contributed by atoms with Crippen molar-refractivity contribution in [3.05, 3.63) is 34.6 Å². The number of aliphatic hydroxyl groups is 1. The van der Waals surface area contributed by atoms with Gasteiger partial charge < -0.3 is 19.9 Å². The summed E-state index contributed by atoms with van der Waals surface area (Å²) in [5.41, 5.74) is 2.44. The summed E-state index contributed by atoms with van der Waals surface area (Å²) in [5.74, 6) is -0.0333. The molecule has 0 radical (unpaired) electrons. The van der Waals surface area contributed by atoms with Gasteiger partial charge in [-0.25, -0.2) is 4.39 Å². The Bertz CT molecular complexity index is 972. The first-order chi connectivity index (χ1) is 14.9. The van der Waals surface area contributed by atoms with Crippen LogP contribution in [-0.2, 0) is 17.6 Å². The first kappa shape index (κ1) is 21.6. The quantitative estimate of drug-likeness (QED) is 0.376. The fourth-order valence-corrected chi connectivity index (χ4v) is 4.45. The summed E-state index contributed by atoms with van der Waals surface area (Å²) in [5, 5.41) is 22.3. The highest BCUT2D eigenvalue weighted by molar-refractivity contribution is 5.81. The Morgan fingerprint density at radius 2 is 2.00 bits per heavy atom. The third-order valence-corrected chi connectivity index (χ3v) is 6.00. The summed E-state index contributed by atoms with van der Waals surface area (Å²) >= 11 is 0. The molecule has 7 nitrogen and oxygen atoms in total. The van der Waals surface area contributed by atoms with Gasteiger partial charge in [0.15, 0.2) is 30.5 Å². The minimum atomic E-state index is -0.725. The van der Waals surface area contributed by atoms with Crippen LogP contribution < -0.4 is 10.1 Å². The number of carbonyl (C=O) groups excluding carboxylic acids is 1. The molecule has 0 bridgehead atoms. The van der Waals surface area contributed by atoms with E-state index in [4.69, 9.17) is 9.47 Å². The number of aromatic nitrogens is 2. The van der Waals surface area contributed by atoms with Gasteiger partial charge in [0.05, 0.1) is 11.2 Å². The van der Waals surface area contributed by atoms with Gasteiger partial charge in [-0.1, -0.05) is 0 Å². The van der Waals surface area contributed by atoms with E-state index in [0.717, 1.165) is 42.6 Å². The molecule has 0 spiro atoms. The molecule has 2 aromatic rings. The summed E-state index contributed by atoms with van der Waals surface area (Å²) in [6.07, 6.45) is 5.51. The van der Waals surface area contributed by atoms with E-state index in [9.17, 15) is 14.3 Å². The van der Waals surface area contributed by atoms with Gasteiger partial charge in [-0.05, 0) is 70.1 Å². The lowest BCUT2D eigenvalue weighted by Crippen LogP contribution is -2.48. The third-order valence-electron chi connectivity index (χ3n) is 6.00. The van der Waals surface area contributed by atoms with Crippen molar-refractivity contribution in [2.24, 2.45) is 0 Å². The molecule has 2 N–H and O–H groups in total. The number of aldehydes is 1. The van der Waals surface area contributed by atoms with Crippen LogP contribution in [0.5, 0.6) is 5.75 Å². The standard InChI is InChI=1S/C23H28FN3O4/c1-3-30-13-31-21-18(9-8-14(12-28)19(21)24)20-16-6-4-5-7-17(16)22(27-26-20)25-15-10-23(2,29)11-15/h8-9,12,15,29H,3-7,10-11,13H2,1-2H3,(H,25,27). The van der Waals surface area contributed by atoms with Crippen LogP contribution in [0.1, 0.15) is 61.0 Å². The SMILES string of the molecule is CCOCOc1c(-c2nnc(NC3CC(C)(O)C3)c3c2CCCC3)ccc(C=O)c1F. The maximum absolute atomic E-state index is 15.0. The average molecular weight is 429 g/mol. The van der Waals surface area contributed by atoms with E-state index in [1.54, 1.807) is 6.07 Å². The summed E-state index contributed by atoms with van der Waals surface area (Å²) in [6.45, 7) is 3.95. The number of hydrogen-bond donors (Lipinski definition) is 2. The predicted molar refractivity (Wildman–Crippen MR) is 114 cm³/mol. The number of anilines is 1. The monoisotopic (exact) mass is 429 g/mol. The molecule has 1 aromatic carbocycles. The zero-order valence-corrected chi connectivity index (χ0v) is 17.9. The molecule has 2 aliphatic rings. The molecule has 0 unspecified atom stereocenters. The Hall–Kier alpha value is -2.58. The highest BCUT2D eigenvalue weighted by Gasteiger charge is 2.39. The number of rotatable bonds is 8. The number of hydrogen-bond acceptors (Lipinski definition) is 7. The molecule has 0 atom stereocenters. The van der Waals surface area contributed by atoms with E-state index in [1.807, 2.05) is 13.8 Å². The van der Waals surface area contributed by atoms with Gasteiger partial charge >= 0.3 is 0 Å². The summed E-state index contributed by atoms with van der Waals surface area (Å²) in [4.78, 5) is 11.2. The molecule has 4 rings (SSSR count). The van der Waals surface area contributed by atoms with E-state index in [0.29, 0.717) is 37.0 Å². The molecule has 0 aliphatic heterocycles. The molecule has 0 saturated heterocycles. The smallest absolute Gasteiger partial charge is 0.189 e. The van der Waals surface area contributed by atoms with Crippen molar-refractivity contribution >= 4 is 12.1 Å². The van der Waals surface area contributed by atoms with Gasteiger partial charge in [0.2, 0.25) is 0 Å². The normalized spacial score (nSPS) is 22.4. The summed E-state index contributed by atoms with van der Waals surface area (Å²) in [6, 6.07) is 3.25. The van der Waals surface area contributed by atoms with Crippen LogP contribution in [0.25, 0.3) is 11.3 Å².